The molecule has 0 saturated carbocycles. The van der Waals surface area contributed by atoms with Crippen LogP contribution in [0.1, 0.15) is 51.6 Å². The number of amides is 4. The van der Waals surface area contributed by atoms with E-state index >= 15 is 0 Å². The Hall–Kier alpha value is -7.24. The Morgan fingerprint density at radius 3 is 1.24 bits per heavy atom. The Balaban J connectivity index is 0.867. The monoisotopic (exact) mass is 842 g/mol. The second-order valence-corrected chi connectivity index (χ2v) is 15.9. The molecule has 0 heterocycles. The number of ether oxygens (including phenoxy) is 2. The van der Waals surface area contributed by atoms with E-state index in [1.54, 1.807) is 0 Å². The van der Waals surface area contributed by atoms with E-state index in [9.17, 15) is 24.3 Å². The average molecular weight is 843 g/mol. The molecule has 6 aromatic carbocycles. The fourth-order valence-corrected chi connectivity index (χ4v) is 8.69. The van der Waals surface area contributed by atoms with Crippen LogP contribution in [0, 0.1) is 0 Å². The van der Waals surface area contributed by atoms with Crippen LogP contribution in [0.15, 0.2) is 158 Å². The van der Waals surface area contributed by atoms with E-state index in [1.165, 1.54) is 0 Å². The Labute approximate surface area is 366 Å². The number of aliphatic hydroxyl groups is 1. The first-order valence-electron chi connectivity index (χ1n) is 21.4. The van der Waals surface area contributed by atoms with Gasteiger partial charge in [0.15, 0.2) is 0 Å². The van der Waals surface area contributed by atoms with Gasteiger partial charge in [0.25, 0.3) is 0 Å². The van der Waals surface area contributed by atoms with Crippen LogP contribution in [0.3, 0.4) is 0 Å². The van der Waals surface area contributed by atoms with Crippen LogP contribution in [-0.2, 0) is 31.9 Å². The molecule has 11 heteroatoms. The third-order valence-electron chi connectivity index (χ3n) is 11.8. The van der Waals surface area contributed by atoms with Crippen LogP contribution >= 0.6 is 0 Å². The van der Waals surface area contributed by atoms with Gasteiger partial charge in [0.1, 0.15) is 25.3 Å². The quantitative estimate of drug-likeness (QED) is 0.0647. The zero-order valence-corrected chi connectivity index (χ0v) is 34.7. The van der Waals surface area contributed by atoms with Crippen molar-refractivity contribution < 1.29 is 33.8 Å². The molecular weight excluding hydrogens is 793 g/mol. The number of hydrogen-bond donors (Lipinski definition) is 5. The normalized spacial score (nSPS) is 13.9. The molecule has 11 nitrogen and oxygen atoms in total. The van der Waals surface area contributed by atoms with Gasteiger partial charge in [0.2, 0.25) is 11.8 Å². The first kappa shape index (κ1) is 42.5. The van der Waals surface area contributed by atoms with Gasteiger partial charge in [-0.05, 0) is 62.1 Å². The highest BCUT2D eigenvalue weighted by Gasteiger charge is 2.32. The van der Waals surface area contributed by atoms with Gasteiger partial charge >= 0.3 is 12.2 Å². The first-order chi connectivity index (χ1) is 30.9. The Kier molecular flexibility index (Phi) is 13.5. The summed E-state index contributed by atoms with van der Waals surface area (Å²) in [5, 5.41) is 21.6. The molecule has 2 aliphatic carbocycles. The molecule has 63 heavy (non-hydrogen) atoms. The summed E-state index contributed by atoms with van der Waals surface area (Å²) in [5.41, 5.74) is 10.4. The van der Waals surface area contributed by atoms with Gasteiger partial charge < -0.3 is 35.8 Å². The lowest BCUT2D eigenvalue weighted by Crippen LogP contribution is -2.52. The van der Waals surface area contributed by atoms with Crippen LogP contribution in [0.4, 0.5) is 9.59 Å². The van der Waals surface area contributed by atoms with Crippen LogP contribution in [0.25, 0.3) is 22.3 Å². The van der Waals surface area contributed by atoms with Gasteiger partial charge in [-0.2, -0.15) is 0 Å². The predicted molar refractivity (Wildman–Crippen MR) is 241 cm³/mol. The Morgan fingerprint density at radius 2 is 0.841 bits per heavy atom. The zero-order chi connectivity index (χ0) is 43.5. The van der Waals surface area contributed by atoms with Crippen molar-refractivity contribution in [3.63, 3.8) is 0 Å². The molecule has 8 rings (SSSR count). The second-order valence-electron chi connectivity index (χ2n) is 15.9. The van der Waals surface area contributed by atoms with Crippen LogP contribution in [0.2, 0.25) is 0 Å². The molecule has 0 aromatic heterocycles. The lowest BCUT2D eigenvalue weighted by molar-refractivity contribution is -0.124. The van der Waals surface area contributed by atoms with Crippen molar-refractivity contribution in [3.8, 4) is 22.3 Å². The summed E-state index contributed by atoms with van der Waals surface area (Å²) < 4.78 is 11.6. The molecule has 0 unspecified atom stereocenters. The summed E-state index contributed by atoms with van der Waals surface area (Å²) in [5.74, 6) is -1.26. The highest BCUT2D eigenvalue weighted by atomic mass is 16.6. The number of carbonyl (C=O) groups is 4. The van der Waals surface area contributed by atoms with Crippen LogP contribution in [0.5, 0.6) is 0 Å². The summed E-state index contributed by atoms with van der Waals surface area (Å²) in [6, 6.07) is 48.1. The largest absolute Gasteiger partial charge is 0.449 e. The molecule has 0 aliphatic heterocycles. The van der Waals surface area contributed by atoms with E-state index in [-0.39, 0.29) is 50.9 Å². The van der Waals surface area contributed by atoms with E-state index in [0.29, 0.717) is 0 Å². The van der Waals surface area contributed by atoms with Gasteiger partial charge in [-0.15, -0.1) is 0 Å². The van der Waals surface area contributed by atoms with Crippen molar-refractivity contribution in [2.24, 2.45) is 0 Å². The zero-order valence-electron chi connectivity index (χ0n) is 34.7. The van der Waals surface area contributed by atoms with E-state index in [1.807, 2.05) is 133 Å². The summed E-state index contributed by atoms with van der Waals surface area (Å²) in [4.78, 5) is 54.2. The molecular formula is C52H50N4O7. The highest BCUT2D eigenvalue weighted by molar-refractivity contribution is 5.87. The standard InChI is InChI=1S/C52H50N4O7/c57-31-36(54-50(59)48(30-35-17-5-2-6-18-35)56-52(61)63-33-46-43-25-13-9-21-39(43)40-22-10-14-26-44(40)46)27-28-53-49(58)47(29-34-15-3-1-4-16-34)55-51(60)62-32-45-41-23-11-7-19-37(41)38-20-8-12-24-42(38)45/h1-26,36,45-48,57H,27-33H2,(H,53,58)(H,54,59)(H,55,60)(H,56,61)/t36-,47-,48-/m0/s1. The fraction of sp³-hybridized carbons (Fsp3) is 0.231. The van der Waals surface area contributed by atoms with Crippen LogP contribution < -0.4 is 21.3 Å². The molecule has 0 spiro atoms. The topological polar surface area (TPSA) is 155 Å². The number of rotatable bonds is 17. The molecule has 0 bridgehead atoms. The summed E-state index contributed by atoms with van der Waals surface area (Å²) in [6.45, 7) is -0.167. The number of aliphatic hydroxyl groups excluding tert-OH is 1. The number of nitrogens with one attached hydrogen (secondary N) is 4. The van der Waals surface area contributed by atoms with Crippen molar-refractivity contribution in [1.82, 2.24) is 21.3 Å². The van der Waals surface area contributed by atoms with Crippen molar-refractivity contribution in [3.05, 3.63) is 191 Å². The molecule has 320 valence electrons. The molecule has 0 saturated heterocycles. The number of benzene rings is 6. The van der Waals surface area contributed by atoms with Gasteiger partial charge in [-0.25, -0.2) is 9.59 Å². The third kappa shape index (κ3) is 10.1. The minimum absolute atomic E-state index is 0.0746. The second kappa shape index (κ2) is 20.1. The number of carbonyl (C=O) groups excluding carboxylic acids is 4. The third-order valence-corrected chi connectivity index (χ3v) is 11.8. The van der Waals surface area contributed by atoms with E-state index in [0.717, 1.165) is 55.6 Å². The van der Waals surface area contributed by atoms with Crippen molar-refractivity contribution in [1.29, 1.82) is 0 Å². The lowest BCUT2D eigenvalue weighted by Gasteiger charge is -2.24. The van der Waals surface area contributed by atoms with Crippen LogP contribution in [-0.4, -0.2) is 73.6 Å². The molecule has 5 N–H and O–H groups in total. The molecule has 0 radical (unpaired) electrons. The van der Waals surface area contributed by atoms with Crippen molar-refractivity contribution in [2.75, 3.05) is 26.4 Å². The fourth-order valence-electron chi connectivity index (χ4n) is 8.69. The molecule has 6 aromatic rings. The van der Waals surface area contributed by atoms with Gasteiger partial charge in [-0.1, -0.05) is 158 Å². The Morgan fingerprint density at radius 1 is 0.476 bits per heavy atom. The van der Waals surface area contributed by atoms with Gasteiger partial charge in [0, 0.05) is 31.2 Å². The molecule has 4 amide bonds. The molecule has 0 fully saturated rings. The lowest BCUT2D eigenvalue weighted by atomic mass is 9.98. The van der Waals surface area contributed by atoms with Gasteiger partial charge in [0.05, 0.1) is 12.6 Å². The van der Waals surface area contributed by atoms with E-state index in [4.69, 9.17) is 9.47 Å². The minimum Gasteiger partial charge on any atom is -0.449 e. The number of fused-ring (bicyclic) bond motifs is 6. The highest BCUT2D eigenvalue weighted by Crippen LogP contribution is 2.45. The van der Waals surface area contributed by atoms with Gasteiger partial charge in [-0.3, -0.25) is 9.59 Å². The SMILES string of the molecule is O=C(N[C@@H](Cc1ccccc1)C(=O)NCC[C@@H](CO)NC(=O)[C@H](Cc1ccccc1)NC(=O)OCC1c2ccccc2-c2ccccc21)OCC1c2ccccc2-c2ccccc21. The maximum atomic E-state index is 13.8. The summed E-state index contributed by atoms with van der Waals surface area (Å²) in [6.07, 6.45) is -0.912. The predicted octanol–water partition coefficient (Wildman–Crippen LogP) is 7.27. The van der Waals surface area contributed by atoms with Crippen molar-refractivity contribution >= 4 is 24.0 Å². The molecule has 3 atom stereocenters. The number of hydrogen-bond acceptors (Lipinski definition) is 7. The van der Waals surface area contributed by atoms with E-state index in [2.05, 4.69) is 45.5 Å². The summed E-state index contributed by atoms with van der Waals surface area (Å²) >= 11 is 0. The maximum absolute atomic E-state index is 13.8. The van der Waals surface area contributed by atoms with Crippen molar-refractivity contribution in [2.45, 2.75) is 49.2 Å². The molecule has 2 aliphatic rings. The Bertz CT molecular complexity index is 2460. The maximum Gasteiger partial charge on any atom is 0.407 e. The number of alkyl carbamates (subject to hydrolysis) is 2. The average Bonchev–Trinajstić information content (AvgIpc) is 3.82. The summed E-state index contributed by atoms with van der Waals surface area (Å²) in [7, 11) is 0. The van der Waals surface area contributed by atoms with E-state index < -0.39 is 48.7 Å². The smallest absolute Gasteiger partial charge is 0.407 e. The minimum atomic E-state index is -1.02. The first-order valence-corrected chi connectivity index (χ1v) is 21.4.